The summed E-state index contributed by atoms with van der Waals surface area (Å²) < 4.78 is 0. The van der Waals surface area contributed by atoms with Gasteiger partial charge in [0.05, 0.1) is 5.02 Å². The lowest BCUT2D eigenvalue weighted by molar-refractivity contribution is 0.0982. The summed E-state index contributed by atoms with van der Waals surface area (Å²) in [6.45, 7) is 0. The summed E-state index contributed by atoms with van der Waals surface area (Å²) in [6, 6.07) is 4.32. The van der Waals surface area contributed by atoms with E-state index in [1.54, 1.807) is 0 Å². The molecule has 1 rings (SSSR count). The van der Waals surface area contributed by atoms with Crippen molar-refractivity contribution in [2.75, 3.05) is 5.88 Å². The molecule has 0 aliphatic heterocycles. The molecule has 0 saturated heterocycles. The maximum Gasteiger partial charge on any atom is 0.164 e. The van der Waals surface area contributed by atoms with Crippen molar-refractivity contribution in [3.05, 3.63) is 28.8 Å². The van der Waals surface area contributed by atoms with Crippen LogP contribution in [0.2, 0.25) is 5.02 Å². The van der Waals surface area contributed by atoms with E-state index in [1.807, 2.05) is 0 Å². The van der Waals surface area contributed by atoms with Gasteiger partial charge >= 0.3 is 0 Å². The fourth-order valence-electron chi connectivity index (χ4n) is 1.09. The molecular formula is C10H10Cl2O2. The van der Waals surface area contributed by atoms with Crippen LogP contribution in [-0.2, 0) is 0 Å². The Balaban J connectivity index is 2.80. The number of carbonyl (C=O) groups excluding carboxylic acids is 1. The van der Waals surface area contributed by atoms with Gasteiger partial charge in [-0.05, 0) is 24.6 Å². The quantitative estimate of drug-likeness (QED) is 0.640. The van der Waals surface area contributed by atoms with Crippen molar-refractivity contribution in [3.8, 4) is 5.75 Å². The molecule has 0 unspecified atom stereocenters. The summed E-state index contributed by atoms with van der Waals surface area (Å²) in [5.74, 6) is 0.473. The highest BCUT2D eigenvalue weighted by molar-refractivity contribution is 6.34. The molecule has 76 valence electrons. The molecule has 0 bridgehead atoms. The van der Waals surface area contributed by atoms with E-state index in [2.05, 4.69) is 0 Å². The van der Waals surface area contributed by atoms with Gasteiger partial charge in [-0.25, -0.2) is 0 Å². The lowest BCUT2D eigenvalue weighted by Crippen LogP contribution is -1.99. The number of alkyl halides is 1. The van der Waals surface area contributed by atoms with Gasteiger partial charge in [0.2, 0.25) is 0 Å². The highest BCUT2D eigenvalue weighted by Crippen LogP contribution is 2.22. The van der Waals surface area contributed by atoms with Gasteiger partial charge in [-0.15, -0.1) is 11.6 Å². The largest absolute Gasteiger partial charge is 0.508 e. The van der Waals surface area contributed by atoms with Crippen LogP contribution < -0.4 is 0 Å². The zero-order chi connectivity index (χ0) is 10.6. The zero-order valence-corrected chi connectivity index (χ0v) is 8.98. The molecule has 0 saturated carbocycles. The molecule has 0 atom stereocenters. The Morgan fingerprint density at radius 1 is 1.43 bits per heavy atom. The maximum atomic E-state index is 11.5. The molecule has 1 N–H and O–H groups in total. The molecular weight excluding hydrogens is 223 g/mol. The van der Waals surface area contributed by atoms with Crippen LogP contribution in [0.15, 0.2) is 18.2 Å². The van der Waals surface area contributed by atoms with Crippen LogP contribution in [0.3, 0.4) is 0 Å². The van der Waals surface area contributed by atoms with Crippen molar-refractivity contribution in [1.29, 1.82) is 0 Å². The number of rotatable bonds is 4. The summed E-state index contributed by atoms with van der Waals surface area (Å²) in [4.78, 5) is 11.5. The van der Waals surface area contributed by atoms with Gasteiger partial charge in [-0.3, -0.25) is 4.79 Å². The van der Waals surface area contributed by atoms with Crippen LogP contribution in [0, 0.1) is 0 Å². The van der Waals surface area contributed by atoms with Crippen molar-refractivity contribution in [1.82, 2.24) is 0 Å². The molecule has 0 amide bonds. The van der Waals surface area contributed by atoms with Crippen LogP contribution >= 0.6 is 23.2 Å². The van der Waals surface area contributed by atoms with E-state index in [1.165, 1.54) is 18.2 Å². The third kappa shape index (κ3) is 2.89. The van der Waals surface area contributed by atoms with Crippen molar-refractivity contribution in [2.45, 2.75) is 12.8 Å². The van der Waals surface area contributed by atoms with Crippen LogP contribution in [0.5, 0.6) is 5.75 Å². The van der Waals surface area contributed by atoms with Crippen LogP contribution in [0.1, 0.15) is 23.2 Å². The number of phenolic OH excluding ortho intramolecular Hbond substituents is 1. The van der Waals surface area contributed by atoms with Crippen LogP contribution in [-0.4, -0.2) is 16.8 Å². The van der Waals surface area contributed by atoms with Crippen molar-refractivity contribution >= 4 is 29.0 Å². The van der Waals surface area contributed by atoms with E-state index in [9.17, 15) is 4.79 Å². The number of ketones is 1. The molecule has 0 spiro atoms. The third-order valence-electron chi connectivity index (χ3n) is 1.79. The highest BCUT2D eigenvalue weighted by Gasteiger charge is 2.09. The molecule has 0 radical (unpaired) electrons. The van der Waals surface area contributed by atoms with Gasteiger partial charge in [0, 0.05) is 17.9 Å². The van der Waals surface area contributed by atoms with Gasteiger partial charge in [-0.2, -0.15) is 0 Å². The fourth-order valence-corrected chi connectivity index (χ4v) is 1.51. The number of halogens is 2. The van der Waals surface area contributed by atoms with Gasteiger partial charge in [0.1, 0.15) is 5.75 Å². The van der Waals surface area contributed by atoms with Crippen molar-refractivity contribution in [3.63, 3.8) is 0 Å². The summed E-state index contributed by atoms with van der Waals surface area (Å²) >= 11 is 11.3. The average Bonchev–Trinajstić information content (AvgIpc) is 2.14. The number of Topliss-reactive ketones (excluding diaryl/α,β-unsaturated/α-hetero) is 1. The number of phenols is 1. The van der Waals surface area contributed by atoms with Gasteiger partial charge in [0.25, 0.3) is 0 Å². The third-order valence-corrected chi connectivity index (χ3v) is 2.37. The minimum absolute atomic E-state index is 0.0457. The zero-order valence-electron chi connectivity index (χ0n) is 7.46. The van der Waals surface area contributed by atoms with E-state index in [0.29, 0.717) is 24.3 Å². The minimum atomic E-state index is -0.0457. The molecule has 1 aromatic carbocycles. The number of hydrogen-bond acceptors (Lipinski definition) is 2. The average molecular weight is 233 g/mol. The van der Waals surface area contributed by atoms with E-state index >= 15 is 0 Å². The van der Waals surface area contributed by atoms with Crippen molar-refractivity contribution in [2.24, 2.45) is 0 Å². The van der Waals surface area contributed by atoms with Crippen molar-refractivity contribution < 1.29 is 9.90 Å². The first-order chi connectivity index (χ1) is 6.65. The first-order valence-corrected chi connectivity index (χ1v) is 5.14. The van der Waals surface area contributed by atoms with Crippen LogP contribution in [0.25, 0.3) is 0 Å². The number of benzene rings is 1. The van der Waals surface area contributed by atoms with Gasteiger partial charge < -0.3 is 5.11 Å². The molecule has 2 nitrogen and oxygen atoms in total. The minimum Gasteiger partial charge on any atom is -0.508 e. The maximum absolute atomic E-state index is 11.5. The van der Waals surface area contributed by atoms with Gasteiger partial charge in [-0.1, -0.05) is 11.6 Å². The second-order valence-corrected chi connectivity index (χ2v) is 3.67. The predicted molar refractivity (Wildman–Crippen MR) is 57.4 cm³/mol. The monoisotopic (exact) mass is 232 g/mol. The predicted octanol–water partition coefficient (Wildman–Crippen LogP) is 3.25. The SMILES string of the molecule is O=C(CCCCl)c1ccc(O)cc1Cl. The summed E-state index contributed by atoms with van der Waals surface area (Å²) in [6.07, 6.45) is 1.02. The fraction of sp³-hybridized carbons (Fsp3) is 0.300. The Hall–Kier alpha value is -0.730. The molecule has 1 aromatic rings. The summed E-state index contributed by atoms with van der Waals surface area (Å²) in [7, 11) is 0. The first-order valence-electron chi connectivity index (χ1n) is 4.23. The Bertz CT molecular complexity index is 337. The number of hydrogen-bond donors (Lipinski definition) is 1. The Kier molecular flexibility index (Phi) is 4.23. The molecule has 0 aliphatic rings. The highest BCUT2D eigenvalue weighted by atomic mass is 35.5. The summed E-state index contributed by atoms with van der Waals surface area (Å²) in [5.41, 5.74) is 0.439. The van der Waals surface area contributed by atoms with E-state index in [0.717, 1.165) is 0 Å². The normalized spacial score (nSPS) is 10.1. The molecule has 4 heteroatoms. The van der Waals surface area contributed by atoms with E-state index in [4.69, 9.17) is 28.3 Å². The lowest BCUT2D eigenvalue weighted by atomic mass is 10.1. The second kappa shape index (κ2) is 5.23. The molecule has 0 aliphatic carbocycles. The number of carbonyl (C=O) groups is 1. The van der Waals surface area contributed by atoms with Crippen LogP contribution in [0.4, 0.5) is 0 Å². The Labute approximate surface area is 92.5 Å². The Morgan fingerprint density at radius 3 is 2.71 bits per heavy atom. The summed E-state index contributed by atoms with van der Waals surface area (Å²) in [5, 5.41) is 9.36. The topological polar surface area (TPSA) is 37.3 Å². The standard InChI is InChI=1S/C10H10Cl2O2/c11-5-1-2-10(14)8-4-3-7(13)6-9(8)12/h3-4,6,13H,1-2,5H2. The smallest absolute Gasteiger partial charge is 0.164 e. The van der Waals surface area contributed by atoms with Gasteiger partial charge in [0.15, 0.2) is 5.78 Å². The number of aromatic hydroxyl groups is 1. The van der Waals surface area contributed by atoms with E-state index in [-0.39, 0.29) is 16.6 Å². The molecule has 0 aromatic heterocycles. The first kappa shape index (κ1) is 11.3. The Morgan fingerprint density at radius 2 is 2.14 bits per heavy atom. The second-order valence-electron chi connectivity index (χ2n) is 2.88. The lowest BCUT2D eigenvalue weighted by Gasteiger charge is -2.02. The molecule has 0 fully saturated rings. The molecule has 14 heavy (non-hydrogen) atoms. The van der Waals surface area contributed by atoms with E-state index < -0.39 is 0 Å². The molecule has 0 heterocycles.